The highest BCUT2D eigenvalue weighted by molar-refractivity contribution is 9.10. The minimum atomic E-state index is -0.368. The first-order valence-electron chi connectivity index (χ1n) is 5.04. The van der Waals surface area contributed by atoms with Gasteiger partial charge in [-0.15, -0.1) is 0 Å². The van der Waals surface area contributed by atoms with Crippen LogP contribution in [0.2, 0.25) is 0 Å². The SMILES string of the molecule is CC1(c2ncc(Br)c(N)n2)CCCCO1. The molecule has 1 saturated heterocycles. The van der Waals surface area contributed by atoms with Crippen LogP contribution in [0.1, 0.15) is 32.0 Å². The molecule has 0 radical (unpaired) electrons. The molecule has 4 nitrogen and oxygen atoms in total. The second-order valence-electron chi connectivity index (χ2n) is 3.96. The Kier molecular flexibility index (Phi) is 2.93. The highest BCUT2D eigenvalue weighted by Crippen LogP contribution is 2.33. The van der Waals surface area contributed by atoms with Crippen molar-refractivity contribution in [1.82, 2.24) is 9.97 Å². The molecule has 2 heterocycles. The molecule has 1 fully saturated rings. The van der Waals surface area contributed by atoms with E-state index in [0.717, 1.165) is 30.3 Å². The molecule has 0 bridgehead atoms. The molecule has 1 unspecified atom stereocenters. The molecule has 82 valence electrons. The molecular weight excluding hydrogens is 258 g/mol. The third-order valence-electron chi connectivity index (χ3n) is 2.71. The molecule has 1 aromatic rings. The second-order valence-corrected chi connectivity index (χ2v) is 4.82. The number of hydrogen-bond acceptors (Lipinski definition) is 4. The predicted octanol–water partition coefficient (Wildman–Crippen LogP) is 2.24. The molecule has 0 spiro atoms. The summed E-state index contributed by atoms with van der Waals surface area (Å²) in [5.74, 6) is 1.15. The number of anilines is 1. The van der Waals surface area contributed by atoms with Gasteiger partial charge in [0.15, 0.2) is 5.82 Å². The topological polar surface area (TPSA) is 61.0 Å². The minimum absolute atomic E-state index is 0.368. The van der Waals surface area contributed by atoms with Crippen LogP contribution in [0.4, 0.5) is 5.82 Å². The van der Waals surface area contributed by atoms with Crippen LogP contribution in [0.3, 0.4) is 0 Å². The first-order valence-corrected chi connectivity index (χ1v) is 5.83. The molecule has 1 aliphatic rings. The van der Waals surface area contributed by atoms with Crippen molar-refractivity contribution in [2.24, 2.45) is 0 Å². The zero-order valence-corrected chi connectivity index (χ0v) is 10.2. The van der Waals surface area contributed by atoms with Crippen LogP contribution in [0, 0.1) is 0 Å². The van der Waals surface area contributed by atoms with Gasteiger partial charge in [0.05, 0.1) is 4.47 Å². The van der Waals surface area contributed by atoms with E-state index in [0.29, 0.717) is 11.6 Å². The zero-order chi connectivity index (χ0) is 10.9. The summed E-state index contributed by atoms with van der Waals surface area (Å²) in [6.45, 7) is 2.80. The molecule has 1 aliphatic heterocycles. The second kappa shape index (κ2) is 4.06. The quantitative estimate of drug-likeness (QED) is 0.851. The maximum Gasteiger partial charge on any atom is 0.162 e. The number of rotatable bonds is 1. The van der Waals surface area contributed by atoms with Crippen molar-refractivity contribution in [3.63, 3.8) is 0 Å². The minimum Gasteiger partial charge on any atom is -0.383 e. The van der Waals surface area contributed by atoms with Crippen LogP contribution < -0.4 is 5.73 Å². The van der Waals surface area contributed by atoms with E-state index in [-0.39, 0.29) is 5.60 Å². The Morgan fingerprint density at radius 1 is 1.53 bits per heavy atom. The van der Waals surface area contributed by atoms with E-state index in [9.17, 15) is 0 Å². The van der Waals surface area contributed by atoms with Crippen molar-refractivity contribution in [3.8, 4) is 0 Å². The zero-order valence-electron chi connectivity index (χ0n) is 8.66. The van der Waals surface area contributed by atoms with Gasteiger partial charge in [0, 0.05) is 12.8 Å². The third kappa shape index (κ3) is 2.13. The van der Waals surface area contributed by atoms with Crippen LogP contribution in [0.5, 0.6) is 0 Å². The fraction of sp³-hybridized carbons (Fsp3) is 0.600. The number of halogens is 1. The number of aromatic nitrogens is 2. The highest BCUT2D eigenvalue weighted by atomic mass is 79.9. The fourth-order valence-corrected chi connectivity index (χ4v) is 1.94. The van der Waals surface area contributed by atoms with Gasteiger partial charge < -0.3 is 10.5 Å². The van der Waals surface area contributed by atoms with Gasteiger partial charge in [-0.25, -0.2) is 9.97 Å². The summed E-state index contributed by atoms with van der Waals surface area (Å²) in [7, 11) is 0. The van der Waals surface area contributed by atoms with Gasteiger partial charge in [0.25, 0.3) is 0 Å². The van der Waals surface area contributed by atoms with E-state index in [1.807, 2.05) is 6.92 Å². The lowest BCUT2D eigenvalue weighted by Crippen LogP contribution is -2.32. The molecule has 1 atom stereocenters. The number of nitrogen functional groups attached to an aromatic ring is 1. The van der Waals surface area contributed by atoms with Crippen molar-refractivity contribution in [3.05, 3.63) is 16.5 Å². The molecule has 0 amide bonds. The molecule has 1 aromatic heterocycles. The summed E-state index contributed by atoms with van der Waals surface area (Å²) in [6.07, 6.45) is 4.90. The van der Waals surface area contributed by atoms with Crippen molar-refractivity contribution < 1.29 is 4.74 Å². The Balaban J connectivity index is 2.31. The largest absolute Gasteiger partial charge is 0.383 e. The van der Waals surface area contributed by atoms with E-state index < -0.39 is 0 Å². The standard InChI is InChI=1S/C10H14BrN3O/c1-10(4-2-3-5-15-10)9-13-6-7(11)8(12)14-9/h6H,2-5H2,1H3,(H2,12,13,14). The van der Waals surface area contributed by atoms with Crippen molar-refractivity contribution >= 4 is 21.7 Å². The number of hydrogen-bond donors (Lipinski definition) is 1. The summed E-state index contributed by atoms with van der Waals surface area (Å²) in [5, 5.41) is 0. The Hall–Kier alpha value is -0.680. The number of nitrogens with two attached hydrogens (primary N) is 1. The van der Waals surface area contributed by atoms with Crippen LogP contribution in [0.25, 0.3) is 0 Å². The van der Waals surface area contributed by atoms with E-state index in [1.165, 1.54) is 0 Å². The Morgan fingerprint density at radius 3 is 2.93 bits per heavy atom. The van der Waals surface area contributed by atoms with Crippen molar-refractivity contribution in [1.29, 1.82) is 0 Å². The summed E-state index contributed by atoms with van der Waals surface area (Å²) in [4.78, 5) is 8.53. The van der Waals surface area contributed by atoms with Gasteiger partial charge in [-0.2, -0.15) is 0 Å². The molecule has 0 aromatic carbocycles. The normalized spacial score (nSPS) is 26.5. The van der Waals surface area contributed by atoms with Gasteiger partial charge >= 0.3 is 0 Å². The lowest BCUT2D eigenvalue weighted by atomic mass is 9.95. The summed E-state index contributed by atoms with van der Waals surface area (Å²) < 4.78 is 6.48. The van der Waals surface area contributed by atoms with Gasteiger partial charge in [0.2, 0.25) is 0 Å². The molecule has 2 N–H and O–H groups in total. The lowest BCUT2D eigenvalue weighted by Gasteiger charge is -2.32. The Labute approximate surface area is 97.4 Å². The molecule has 15 heavy (non-hydrogen) atoms. The number of nitrogens with zero attached hydrogens (tertiary/aromatic N) is 2. The molecule has 0 saturated carbocycles. The fourth-order valence-electron chi connectivity index (χ4n) is 1.75. The monoisotopic (exact) mass is 271 g/mol. The first kappa shape index (κ1) is 10.8. The average Bonchev–Trinajstić information content (AvgIpc) is 2.23. The summed E-state index contributed by atoms with van der Waals surface area (Å²) >= 11 is 3.28. The van der Waals surface area contributed by atoms with Crippen molar-refractivity contribution in [2.45, 2.75) is 31.8 Å². The van der Waals surface area contributed by atoms with E-state index >= 15 is 0 Å². The predicted molar refractivity (Wildman–Crippen MR) is 61.3 cm³/mol. The van der Waals surface area contributed by atoms with Gasteiger partial charge in [-0.3, -0.25) is 0 Å². The van der Waals surface area contributed by atoms with E-state index in [2.05, 4.69) is 25.9 Å². The summed E-state index contributed by atoms with van der Waals surface area (Å²) in [6, 6.07) is 0. The highest BCUT2D eigenvalue weighted by Gasteiger charge is 2.33. The maximum atomic E-state index is 5.75. The molecule has 5 heteroatoms. The Bertz CT molecular complexity index is 364. The van der Waals surface area contributed by atoms with Gasteiger partial charge in [-0.1, -0.05) is 0 Å². The lowest BCUT2D eigenvalue weighted by molar-refractivity contribution is -0.0759. The van der Waals surface area contributed by atoms with Crippen LogP contribution in [-0.2, 0) is 10.3 Å². The first-order chi connectivity index (χ1) is 7.12. The van der Waals surface area contributed by atoms with E-state index in [4.69, 9.17) is 10.5 Å². The average molecular weight is 272 g/mol. The molecule has 0 aliphatic carbocycles. The summed E-state index contributed by atoms with van der Waals surface area (Å²) in [5.41, 5.74) is 5.36. The van der Waals surface area contributed by atoms with Crippen LogP contribution in [0.15, 0.2) is 10.7 Å². The van der Waals surface area contributed by atoms with Gasteiger partial charge in [0.1, 0.15) is 11.4 Å². The van der Waals surface area contributed by atoms with Gasteiger partial charge in [-0.05, 0) is 42.1 Å². The Morgan fingerprint density at radius 2 is 2.33 bits per heavy atom. The van der Waals surface area contributed by atoms with E-state index in [1.54, 1.807) is 6.20 Å². The third-order valence-corrected chi connectivity index (χ3v) is 3.32. The molecular formula is C10H14BrN3O. The smallest absolute Gasteiger partial charge is 0.162 e. The number of ether oxygens (including phenoxy) is 1. The maximum absolute atomic E-state index is 5.75. The molecule has 2 rings (SSSR count). The van der Waals surface area contributed by atoms with Crippen LogP contribution >= 0.6 is 15.9 Å². The van der Waals surface area contributed by atoms with Crippen molar-refractivity contribution in [2.75, 3.05) is 12.3 Å². The van der Waals surface area contributed by atoms with Crippen LogP contribution in [-0.4, -0.2) is 16.6 Å².